The number of piperidine rings is 1. The lowest BCUT2D eigenvalue weighted by molar-refractivity contribution is -0.141. The first-order valence-electron chi connectivity index (χ1n) is 6.44. The summed E-state index contributed by atoms with van der Waals surface area (Å²) in [5, 5.41) is 0. The third-order valence-corrected chi connectivity index (χ3v) is 4.52. The molecule has 8 nitrogen and oxygen atoms in total. The van der Waals surface area contributed by atoms with Crippen LogP contribution in [0.3, 0.4) is 0 Å². The van der Waals surface area contributed by atoms with Crippen LogP contribution in [0, 0.1) is 0 Å². The van der Waals surface area contributed by atoms with Gasteiger partial charge in [-0.25, -0.2) is 9.52 Å². The quantitative estimate of drug-likeness (QED) is 0.737. The second-order valence-electron chi connectivity index (χ2n) is 4.37. The van der Waals surface area contributed by atoms with E-state index in [-0.39, 0.29) is 19.6 Å². The first kappa shape index (κ1) is 16.7. The van der Waals surface area contributed by atoms with Crippen LogP contribution in [0.2, 0.25) is 0 Å². The maximum absolute atomic E-state index is 12.1. The number of amides is 1. The zero-order valence-electron chi connectivity index (χ0n) is 11.6. The normalized spacial score (nSPS) is 20.2. The summed E-state index contributed by atoms with van der Waals surface area (Å²) in [6.45, 7) is 1.91. The van der Waals surface area contributed by atoms with E-state index in [0.717, 1.165) is 10.7 Å². The highest BCUT2D eigenvalue weighted by Gasteiger charge is 2.35. The Morgan fingerprint density at radius 2 is 2.05 bits per heavy atom. The van der Waals surface area contributed by atoms with Gasteiger partial charge in [0, 0.05) is 12.6 Å². The molecule has 0 aliphatic carbocycles. The molecular formula is C11H20N2O6S. The topological polar surface area (TPSA) is 102 Å². The molecule has 20 heavy (non-hydrogen) atoms. The molecule has 0 spiro atoms. The number of esters is 1. The smallest absolute Gasteiger partial charge is 0.421 e. The summed E-state index contributed by atoms with van der Waals surface area (Å²) in [6, 6.07) is -0.497. The number of nitrogens with one attached hydrogen (secondary N) is 1. The molecule has 1 rings (SSSR count). The number of carbonyl (C=O) groups excluding carboxylic acids is 2. The molecule has 0 aromatic heterocycles. The Morgan fingerprint density at radius 1 is 1.35 bits per heavy atom. The van der Waals surface area contributed by atoms with Crippen molar-refractivity contribution < 1.29 is 27.5 Å². The van der Waals surface area contributed by atoms with Gasteiger partial charge in [-0.2, -0.15) is 12.7 Å². The van der Waals surface area contributed by atoms with Crippen molar-refractivity contribution in [3.8, 4) is 0 Å². The lowest BCUT2D eigenvalue weighted by Gasteiger charge is -2.33. The van der Waals surface area contributed by atoms with Crippen molar-refractivity contribution in [1.82, 2.24) is 9.03 Å². The number of hydrogen-bond acceptors (Lipinski definition) is 6. The highest BCUT2D eigenvalue weighted by atomic mass is 32.2. The summed E-state index contributed by atoms with van der Waals surface area (Å²) in [5.74, 6) is -0.478. The molecule has 1 aliphatic rings. The zero-order valence-corrected chi connectivity index (χ0v) is 12.4. The molecule has 0 saturated carbocycles. The maximum atomic E-state index is 12.1. The molecule has 1 fully saturated rings. The Labute approximate surface area is 118 Å². The molecular weight excluding hydrogens is 288 g/mol. The van der Waals surface area contributed by atoms with Gasteiger partial charge in [0.1, 0.15) is 0 Å². The van der Waals surface area contributed by atoms with E-state index in [2.05, 4.69) is 9.47 Å². The molecule has 0 aromatic rings. The number of hydrogen-bond donors (Lipinski definition) is 1. The third kappa shape index (κ3) is 4.64. The molecule has 116 valence electrons. The van der Waals surface area contributed by atoms with Gasteiger partial charge >= 0.3 is 22.3 Å². The third-order valence-electron chi connectivity index (χ3n) is 3.00. The fourth-order valence-electron chi connectivity index (χ4n) is 2.09. The van der Waals surface area contributed by atoms with E-state index in [1.54, 1.807) is 6.92 Å². The van der Waals surface area contributed by atoms with Crippen molar-refractivity contribution >= 4 is 22.3 Å². The number of rotatable bonds is 5. The summed E-state index contributed by atoms with van der Waals surface area (Å²) in [6.07, 6.45) is 1.02. The van der Waals surface area contributed by atoms with E-state index in [9.17, 15) is 18.0 Å². The Bertz CT molecular complexity index is 450. The standard InChI is InChI=1S/C11H20N2O6S/c1-3-19-11(15)12-20(16,17)13-7-5-4-6-9(13)8-10(14)18-2/h9H,3-8H2,1-2H3,(H,12,15). The van der Waals surface area contributed by atoms with Gasteiger partial charge < -0.3 is 9.47 Å². The Balaban J connectivity index is 2.77. The lowest BCUT2D eigenvalue weighted by Crippen LogP contribution is -2.51. The van der Waals surface area contributed by atoms with Crippen LogP contribution in [0.15, 0.2) is 0 Å². The highest BCUT2D eigenvalue weighted by molar-refractivity contribution is 7.87. The fraction of sp³-hybridized carbons (Fsp3) is 0.818. The molecule has 0 aromatic carbocycles. The van der Waals surface area contributed by atoms with E-state index in [4.69, 9.17) is 0 Å². The SMILES string of the molecule is CCOC(=O)NS(=O)(=O)N1CCCCC1CC(=O)OC. The van der Waals surface area contributed by atoms with Gasteiger partial charge in [-0.3, -0.25) is 4.79 Å². The summed E-state index contributed by atoms with van der Waals surface area (Å²) in [4.78, 5) is 22.6. The van der Waals surface area contributed by atoms with Crippen molar-refractivity contribution in [1.29, 1.82) is 0 Å². The van der Waals surface area contributed by atoms with Crippen molar-refractivity contribution in [3.63, 3.8) is 0 Å². The maximum Gasteiger partial charge on any atom is 0.421 e. The van der Waals surface area contributed by atoms with E-state index in [1.165, 1.54) is 7.11 Å². The molecule has 1 heterocycles. The van der Waals surface area contributed by atoms with Crippen LogP contribution in [0.25, 0.3) is 0 Å². The Morgan fingerprint density at radius 3 is 2.65 bits per heavy atom. The second kappa shape index (κ2) is 7.44. The minimum absolute atomic E-state index is 0.0275. The van der Waals surface area contributed by atoms with E-state index >= 15 is 0 Å². The van der Waals surface area contributed by atoms with Crippen LogP contribution in [-0.2, 0) is 24.5 Å². The van der Waals surface area contributed by atoms with Gasteiger partial charge in [-0.15, -0.1) is 0 Å². The van der Waals surface area contributed by atoms with Crippen LogP contribution in [0.4, 0.5) is 4.79 Å². The summed E-state index contributed by atoms with van der Waals surface area (Å²) >= 11 is 0. The molecule has 1 aliphatic heterocycles. The summed E-state index contributed by atoms with van der Waals surface area (Å²) in [7, 11) is -2.76. The van der Waals surface area contributed by atoms with Crippen LogP contribution in [0.5, 0.6) is 0 Å². The zero-order chi connectivity index (χ0) is 15.2. The predicted octanol–water partition coefficient (Wildman–Crippen LogP) is 0.395. The predicted molar refractivity (Wildman–Crippen MR) is 70.1 cm³/mol. The summed E-state index contributed by atoms with van der Waals surface area (Å²) in [5.41, 5.74) is 0. The monoisotopic (exact) mass is 308 g/mol. The van der Waals surface area contributed by atoms with Gasteiger partial charge in [-0.1, -0.05) is 6.42 Å². The van der Waals surface area contributed by atoms with Crippen LogP contribution in [0.1, 0.15) is 32.6 Å². The molecule has 1 N–H and O–H groups in total. The fourth-order valence-corrected chi connectivity index (χ4v) is 3.42. The van der Waals surface area contributed by atoms with Crippen LogP contribution in [-0.4, -0.2) is 51.1 Å². The van der Waals surface area contributed by atoms with Crippen molar-refractivity contribution in [2.45, 2.75) is 38.6 Å². The number of methoxy groups -OCH3 is 1. The van der Waals surface area contributed by atoms with Crippen molar-refractivity contribution in [2.24, 2.45) is 0 Å². The largest absolute Gasteiger partial charge is 0.469 e. The number of ether oxygens (including phenoxy) is 2. The van der Waals surface area contributed by atoms with E-state index in [0.29, 0.717) is 12.8 Å². The van der Waals surface area contributed by atoms with Gasteiger partial charge in [0.25, 0.3) is 0 Å². The number of carbonyl (C=O) groups is 2. The minimum Gasteiger partial charge on any atom is -0.469 e. The van der Waals surface area contributed by atoms with Crippen LogP contribution < -0.4 is 4.72 Å². The van der Waals surface area contributed by atoms with Crippen molar-refractivity contribution in [3.05, 3.63) is 0 Å². The van der Waals surface area contributed by atoms with Gasteiger partial charge in [-0.05, 0) is 19.8 Å². The summed E-state index contributed by atoms with van der Waals surface area (Å²) < 4.78 is 36.3. The highest BCUT2D eigenvalue weighted by Crippen LogP contribution is 2.22. The van der Waals surface area contributed by atoms with E-state index < -0.39 is 28.3 Å². The molecule has 1 unspecified atom stereocenters. The van der Waals surface area contributed by atoms with E-state index in [1.807, 2.05) is 4.72 Å². The molecule has 9 heteroatoms. The molecule has 1 amide bonds. The average molecular weight is 308 g/mol. The van der Waals surface area contributed by atoms with Gasteiger partial charge in [0.2, 0.25) is 0 Å². The van der Waals surface area contributed by atoms with Gasteiger partial charge in [0.15, 0.2) is 0 Å². The number of nitrogens with zero attached hydrogens (tertiary/aromatic N) is 1. The van der Waals surface area contributed by atoms with Crippen molar-refractivity contribution in [2.75, 3.05) is 20.3 Å². The van der Waals surface area contributed by atoms with Crippen LogP contribution >= 0.6 is 0 Å². The average Bonchev–Trinajstić information content (AvgIpc) is 2.38. The Kier molecular flexibility index (Phi) is 6.21. The Hall–Kier alpha value is -1.35. The molecule has 0 radical (unpaired) electrons. The first-order chi connectivity index (χ1) is 9.40. The first-order valence-corrected chi connectivity index (χ1v) is 7.88. The molecule has 1 atom stereocenters. The minimum atomic E-state index is -4.01. The second-order valence-corrected chi connectivity index (χ2v) is 5.99. The lowest BCUT2D eigenvalue weighted by atomic mass is 10.0. The van der Waals surface area contributed by atoms with Gasteiger partial charge in [0.05, 0.1) is 20.1 Å². The molecule has 0 bridgehead atoms. The molecule has 1 saturated heterocycles.